The number of aryl methyl sites for hydroxylation is 1. The Labute approximate surface area is 200 Å². The molecule has 0 saturated heterocycles. The van der Waals surface area contributed by atoms with Gasteiger partial charge in [-0.05, 0) is 49.3 Å². The van der Waals surface area contributed by atoms with Crippen molar-refractivity contribution in [2.75, 3.05) is 49.2 Å². The van der Waals surface area contributed by atoms with E-state index in [-0.39, 0.29) is 5.91 Å². The Balaban J connectivity index is 2.23. The molecular weight excluding hydrogens is 413 g/mol. The summed E-state index contributed by atoms with van der Waals surface area (Å²) in [5.41, 5.74) is 5.24. The van der Waals surface area contributed by atoms with Crippen molar-refractivity contribution in [3.8, 4) is 0 Å². The molecule has 0 unspecified atom stereocenters. The van der Waals surface area contributed by atoms with Crippen LogP contribution in [0.15, 0.2) is 47.4 Å². The largest absolute Gasteiger partial charge is 0.413 e. The lowest BCUT2D eigenvalue weighted by molar-refractivity contribution is -0.127. The van der Waals surface area contributed by atoms with Crippen LogP contribution in [0.1, 0.15) is 40.2 Å². The third kappa shape index (κ3) is 7.51. The smallest absolute Gasteiger partial charge is 0.269 e. The van der Waals surface area contributed by atoms with E-state index in [1.54, 1.807) is 23.6 Å². The van der Waals surface area contributed by atoms with Gasteiger partial charge in [-0.1, -0.05) is 50.5 Å². The normalized spacial score (nSPS) is 10.9. The average molecular weight is 454 g/mol. The number of rotatable bonds is 12. The molecule has 0 heterocycles. The van der Waals surface area contributed by atoms with Gasteiger partial charge in [0.25, 0.3) is 7.41 Å². The van der Waals surface area contributed by atoms with Crippen molar-refractivity contribution >= 4 is 41.9 Å². The topological polar surface area (TPSA) is 26.8 Å². The quantitative estimate of drug-likeness (QED) is 0.351. The number of nitrogens with zero attached hydrogens (tertiary/aromatic N) is 3. The van der Waals surface area contributed by atoms with Crippen LogP contribution in [-0.4, -0.2) is 57.7 Å². The highest BCUT2D eigenvalue weighted by atomic mass is 32.2. The molecule has 0 bridgehead atoms. The van der Waals surface area contributed by atoms with E-state index in [0.717, 1.165) is 40.0 Å². The summed E-state index contributed by atoms with van der Waals surface area (Å²) in [6.07, 6.45) is 3.21. The summed E-state index contributed by atoms with van der Waals surface area (Å²) in [6.45, 7) is 14.1. The zero-order valence-electron chi connectivity index (χ0n) is 21.0. The number of thioether (sulfide) groups is 1. The fourth-order valence-corrected chi connectivity index (χ4v) is 4.50. The van der Waals surface area contributed by atoms with Gasteiger partial charge in [0.15, 0.2) is 0 Å². The Kier molecular flexibility index (Phi) is 10.5. The standard InChI is InChI=1S/C26H40BN3OS/c1-8-22-10-13-24(14-11-22)30(19-20(3)4)27-23-12-15-25(26(18-23)32-7)29(9-2)17-16-28(6)21(5)31/h10-15,18,20,27H,8-9,16-17,19H2,1-7H3. The molecule has 0 aliphatic heterocycles. The number of benzene rings is 2. The molecule has 0 saturated carbocycles. The lowest BCUT2D eigenvalue weighted by Crippen LogP contribution is -2.39. The van der Waals surface area contributed by atoms with E-state index in [0.29, 0.717) is 5.92 Å². The fourth-order valence-electron chi connectivity index (χ4n) is 3.82. The van der Waals surface area contributed by atoms with E-state index in [4.69, 9.17) is 0 Å². The number of amides is 1. The maximum atomic E-state index is 11.6. The van der Waals surface area contributed by atoms with Gasteiger partial charge in [-0.3, -0.25) is 4.79 Å². The minimum absolute atomic E-state index is 0.110. The van der Waals surface area contributed by atoms with Crippen molar-refractivity contribution in [3.63, 3.8) is 0 Å². The summed E-state index contributed by atoms with van der Waals surface area (Å²) in [6, 6.07) is 15.9. The molecule has 0 N–H and O–H groups in total. The molecule has 32 heavy (non-hydrogen) atoms. The number of hydrogen-bond acceptors (Lipinski definition) is 4. The molecule has 174 valence electrons. The Bertz CT molecular complexity index is 857. The molecule has 2 aromatic carbocycles. The first-order valence-corrected chi connectivity index (χ1v) is 13.0. The van der Waals surface area contributed by atoms with Gasteiger partial charge in [0.05, 0.1) is 5.69 Å². The molecule has 6 heteroatoms. The Hall–Kier alpha value is -2.08. The molecule has 0 aliphatic rings. The summed E-state index contributed by atoms with van der Waals surface area (Å²) in [5, 5.41) is 0. The van der Waals surface area contributed by atoms with Crippen LogP contribution in [0.25, 0.3) is 0 Å². The zero-order chi connectivity index (χ0) is 23.7. The van der Waals surface area contributed by atoms with Gasteiger partial charge >= 0.3 is 0 Å². The lowest BCUT2D eigenvalue weighted by Gasteiger charge is -2.29. The van der Waals surface area contributed by atoms with Crippen LogP contribution in [0.3, 0.4) is 0 Å². The first-order chi connectivity index (χ1) is 15.3. The molecule has 0 spiro atoms. The Morgan fingerprint density at radius 1 is 1.06 bits per heavy atom. The fraction of sp³-hybridized carbons (Fsp3) is 0.500. The molecule has 4 nitrogen and oxygen atoms in total. The van der Waals surface area contributed by atoms with Crippen LogP contribution >= 0.6 is 11.8 Å². The summed E-state index contributed by atoms with van der Waals surface area (Å²) >= 11 is 1.79. The first-order valence-electron chi connectivity index (χ1n) is 11.8. The summed E-state index contributed by atoms with van der Waals surface area (Å²) in [4.78, 5) is 19.5. The Morgan fingerprint density at radius 2 is 1.75 bits per heavy atom. The minimum Gasteiger partial charge on any atom is -0.413 e. The maximum absolute atomic E-state index is 11.6. The van der Waals surface area contributed by atoms with Gasteiger partial charge in [0.1, 0.15) is 0 Å². The molecule has 2 aromatic rings. The molecule has 0 atom stereocenters. The maximum Gasteiger partial charge on any atom is 0.269 e. The summed E-state index contributed by atoms with van der Waals surface area (Å²) in [7, 11) is 2.77. The van der Waals surface area contributed by atoms with Gasteiger partial charge in [0.2, 0.25) is 5.91 Å². The van der Waals surface area contributed by atoms with Crippen molar-refractivity contribution in [3.05, 3.63) is 48.0 Å². The average Bonchev–Trinajstić information content (AvgIpc) is 2.79. The van der Waals surface area contributed by atoms with Crippen molar-refractivity contribution in [1.82, 2.24) is 4.90 Å². The van der Waals surface area contributed by atoms with Gasteiger partial charge in [-0.2, -0.15) is 0 Å². The summed E-state index contributed by atoms with van der Waals surface area (Å²) in [5.74, 6) is 0.702. The number of likely N-dealkylation sites (N-methyl/N-ethyl adjacent to an activating group) is 2. The predicted molar refractivity (Wildman–Crippen MR) is 144 cm³/mol. The molecule has 0 aromatic heterocycles. The Morgan fingerprint density at radius 3 is 2.28 bits per heavy atom. The van der Waals surface area contributed by atoms with Crippen molar-refractivity contribution < 1.29 is 4.79 Å². The van der Waals surface area contributed by atoms with Crippen LogP contribution < -0.4 is 15.2 Å². The molecular formula is C26H40BN3OS. The lowest BCUT2D eigenvalue weighted by atomic mass is 9.79. The second-order valence-electron chi connectivity index (χ2n) is 8.82. The van der Waals surface area contributed by atoms with Gasteiger partial charge in [0, 0.05) is 50.7 Å². The summed E-state index contributed by atoms with van der Waals surface area (Å²) < 4.78 is 0. The van der Waals surface area contributed by atoms with Gasteiger partial charge < -0.3 is 14.6 Å². The molecule has 0 fully saturated rings. The third-order valence-electron chi connectivity index (χ3n) is 5.88. The van der Waals surface area contributed by atoms with Crippen LogP contribution in [0, 0.1) is 5.92 Å². The van der Waals surface area contributed by atoms with E-state index in [1.807, 2.05) is 7.05 Å². The zero-order valence-corrected chi connectivity index (χ0v) is 21.8. The highest BCUT2D eigenvalue weighted by Gasteiger charge is 2.16. The second kappa shape index (κ2) is 12.8. The first kappa shape index (κ1) is 26.2. The van der Waals surface area contributed by atoms with E-state index >= 15 is 0 Å². The molecule has 1 amide bonds. The minimum atomic E-state index is 0.110. The molecule has 0 radical (unpaired) electrons. The molecule has 0 aliphatic carbocycles. The van der Waals surface area contributed by atoms with Crippen LogP contribution in [-0.2, 0) is 11.2 Å². The molecule has 2 rings (SSSR count). The van der Waals surface area contributed by atoms with Crippen LogP contribution in [0.2, 0.25) is 0 Å². The monoisotopic (exact) mass is 453 g/mol. The van der Waals surface area contributed by atoms with Gasteiger partial charge in [-0.15, -0.1) is 11.8 Å². The van der Waals surface area contributed by atoms with E-state index in [2.05, 4.69) is 86.1 Å². The van der Waals surface area contributed by atoms with Crippen LogP contribution in [0.5, 0.6) is 0 Å². The van der Waals surface area contributed by atoms with E-state index in [9.17, 15) is 4.79 Å². The second-order valence-corrected chi connectivity index (χ2v) is 9.67. The number of carbonyl (C=O) groups is 1. The van der Waals surface area contributed by atoms with Crippen molar-refractivity contribution in [2.45, 2.75) is 45.9 Å². The van der Waals surface area contributed by atoms with E-state index < -0.39 is 0 Å². The van der Waals surface area contributed by atoms with Crippen molar-refractivity contribution in [1.29, 1.82) is 0 Å². The van der Waals surface area contributed by atoms with E-state index in [1.165, 1.54) is 27.3 Å². The predicted octanol–water partition coefficient (Wildman–Crippen LogP) is 4.41. The highest BCUT2D eigenvalue weighted by Crippen LogP contribution is 2.28. The number of hydrogen-bond donors (Lipinski definition) is 0. The number of carbonyl (C=O) groups excluding carboxylic acids is 1. The number of anilines is 2. The highest BCUT2D eigenvalue weighted by molar-refractivity contribution is 7.98. The third-order valence-corrected chi connectivity index (χ3v) is 6.64. The SMILES string of the molecule is CCc1ccc(N(Bc2ccc(N(CC)CCN(C)C(C)=O)c(SC)c2)CC(C)C)cc1. The van der Waals surface area contributed by atoms with Crippen molar-refractivity contribution in [2.24, 2.45) is 5.92 Å². The van der Waals surface area contributed by atoms with Crippen LogP contribution in [0.4, 0.5) is 11.4 Å². The van der Waals surface area contributed by atoms with Gasteiger partial charge in [-0.25, -0.2) is 0 Å².